The Hall–Kier alpha value is -4.66. The van der Waals surface area contributed by atoms with Crippen LogP contribution in [0.3, 0.4) is 0 Å². The fourth-order valence-corrected chi connectivity index (χ4v) is 7.20. The minimum Gasteiger partial charge on any atom is -0.459 e. The van der Waals surface area contributed by atoms with Crippen LogP contribution in [0.25, 0.3) is 0 Å². The Kier molecular flexibility index (Phi) is 19.1. The first-order valence-electron chi connectivity index (χ1n) is 21.1. The van der Waals surface area contributed by atoms with Crippen LogP contribution in [0.1, 0.15) is 124 Å². The fourth-order valence-electron chi connectivity index (χ4n) is 7.20. The van der Waals surface area contributed by atoms with E-state index in [1.54, 1.807) is 0 Å². The number of allylic oxidation sites excluding steroid dienone is 20. The third-order valence-electron chi connectivity index (χ3n) is 10.2. The number of hydrogen-bond donors (Lipinski definition) is 2. The lowest BCUT2D eigenvalue weighted by Crippen LogP contribution is -2.47. The second-order valence-corrected chi connectivity index (χ2v) is 19.4. The topological polar surface area (TPSA) is 111 Å². The zero-order chi connectivity index (χ0) is 45.6. The number of nitrogens with one attached hydrogen (secondary N) is 2. The van der Waals surface area contributed by atoms with Crippen LogP contribution in [0, 0.1) is 10.8 Å². The minimum atomic E-state index is -0.568. The molecule has 0 heterocycles. The molecule has 60 heavy (non-hydrogen) atoms. The molecule has 328 valence electrons. The van der Waals surface area contributed by atoms with Crippen molar-refractivity contribution in [1.29, 1.82) is 0 Å². The third-order valence-corrected chi connectivity index (χ3v) is 10.2. The highest BCUT2D eigenvalue weighted by molar-refractivity contribution is 6.02. The van der Waals surface area contributed by atoms with Crippen molar-refractivity contribution in [1.82, 2.24) is 10.6 Å². The van der Waals surface area contributed by atoms with Gasteiger partial charge in [-0.05, 0) is 129 Å². The van der Waals surface area contributed by atoms with E-state index < -0.39 is 23.3 Å². The van der Waals surface area contributed by atoms with Gasteiger partial charge in [0.25, 0.3) is 0 Å². The maximum absolute atomic E-state index is 13.2. The van der Waals surface area contributed by atoms with Gasteiger partial charge in [-0.1, -0.05) is 135 Å². The molecule has 0 aromatic rings. The lowest BCUT2D eigenvalue weighted by Gasteiger charge is -2.37. The Morgan fingerprint density at radius 3 is 1.18 bits per heavy atom. The monoisotopic (exact) mass is 823 g/mol. The molecule has 2 N–H and O–H groups in total. The second kappa shape index (κ2) is 22.3. The van der Waals surface area contributed by atoms with Gasteiger partial charge in [0.15, 0.2) is 11.6 Å². The number of rotatable bonds is 16. The molecule has 8 nitrogen and oxygen atoms in total. The normalized spacial score (nSPS) is 21.5. The summed E-state index contributed by atoms with van der Waals surface area (Å²) in [5, 5.41) is 6.25. The largest absolute Gasteiger partial charge is 0.459 e. The Bertz CT molecular complexity index is 1810. The summed E-state index contributed by atoms with van der Waals surface area (Å²) in [6.07, 6.45) is 29.8. The van der Waals surface area contributed by atoms with Gasteiger partial charge in [-0.2, -0.15) is 0 Å². The Morgan fingerprint density at radius 1 is 0.567 bits per heavy atom. The van der Waals surface area contributed by atoms with E-state index in [0.717, 1.165) is 33.4 Å². The van der Waals surface area contributed by atoms with Gasteiger partial charge in [0.1, 0.15) is 11.2 Å². The Labute approximate surface area is 362 Å². The van der Waals surface area contributed by atoms with Crippen LogP contribution in [-0.4, -0.2) is 59.9 Å². The molecule has 2 aliphatic carbocycles. The summed E-state index contributed by atoms with van der Waals surface area (Å²) < 4.78 is 10.8. The number of carbonyl (C=O) groups is 4. The maximum Gasteiger partial charge on any atom is 0.320 e. The van der Waals surface area contributed by atoms with E-state index in [1.807, 2.05) is 130 Å². The van der Waals surface area contributed by atoms with E-state index >= 15 is 0 Å². The summed E-state index contributed by atoms with van der Waals surface area (Å²) in [4.78, 5) is 50.9. The van der Waals surface area contributed by atoms with Gasteiger partial charge in [-0.15, -0.1) is 0 Å². The zero-order valence-corrected chi connectivity index (χ0v) is 39.5. The van der Waals surface area contributed by atoms with Gasteiger partial charge in [0.2, 0.25) is 0 Å². The molecule has 0 spiro atoms. The molecule has 2 rings (SSSR count). The highest BCUT2D eigenvalue weighted by atomic mass is 16.6. The van der Waals surface area contributed by atoms with Crippen LogP contribution in [0.15, 0.2) is 130 Å². The quantitative estimate of drug-likeness (QED) is 0.117. The molecule has 0 amide bonds. The summed E-state index contributed by atoms with van der Waals surface area (Å²) in [6, 6.07) is -0.858. The predicted octanol–water partition coefficient (Wildman–Crippen LogP) is 10.8. The highest BCUT2D eigenvalue weighted by Gasteiger charge is 2.39. The molecule has 0 bridgehead atoms. The highest BCUT2D eigenvalue weighted by Crippen LogP contribution is 2.41. The number of esters is 2. The minimum absolute atomic E-state index is 0.00167. The van der Waals surface area contributed by atoms with Gasteiger partial charge in [-0.25, -0.2) is 0 Å². The first-order chi connectivity index (χ1) is 27.6. The predicted molar refractivity (Wildman–Crippen MR) is 248 cm³/mol. The number of carbonyl (C=O) groups excluding carboxylic acids is 4. The first kappa shape index (κ1) is 51.5. The van der Waals surface area contributed by atoms with Gasteiger partial charge < -0.3 is 9.47 Å². The van der Waals surface area contributed by atoms with Crippen molar-refractivity contribution in [3.8, 4) is 0 Å². The van der Waals surface area contributed by atoms with Crippen molar-refractivity contribution in [2.24, 2.45) is 10.8 Å². The molecule has 8 heteroatoms. The number of hydrogen-bond acceptors (Lipinski definition) is 8. The van der Waals surface area contributed by atoms with Gasteiger partial charge in [0.05, 0.1) is 25.2 Å². The van der Waals surface area contributed by atoms with Crippen LogP contribution >= 0.6 is 0 Å². The van der Waals surface area contributed by atoms with Crippen molar-refractivity contribution in [3.05, 3.63) is 130 Å². The SMILES string of the molecule is CC(C=CC=C(C)C=CC1=C(C)C(=O)C(NCC(=O)OC(C)(C)C)CC1(C)C)=CC=CC=C(C)C=CC=C(C)C=CC1=C(C)C(=O)C(NCC(=O)OC(C)(C)C)CC1(C)C. The Morgan fingerprint density at radius 2 is 0.867 bits per heavy atom. The molecule has 0 aromatic carbocycles. The molecule has 0 saturated heterocycles. The van der Waals surface area contributed by atoms with Crippen molar-refractivity contribution in [2.45, 2.75) is 147 Å². The van der Waals surface area contributed by atoms with Gasteiger partial charge >= 0.3 is 11.9 Å². The van der Waals surface area contributed by atoms with E-state index in [2.05, 4.69) is 76.5 Å². The average molecular weight is 823 g/mol. The van der Waals surface area contributed by atoms with E-state index in [-0.39, 0.29) is 47.4 Å². The summed E-state index contributed by atoms with van der Waals surface area (Å²) in [7, 11) is 0. The molecular weight excluding hydrogens is 749 g/mol. The van der Waals surface area contributed by atoms with Crippen molar-refractivity contribution >= 4 is 23.5 Å². The molecule has 0 fully saturated rings. The van der Waals surface area contributed by atoms with E-state index in [1.165, 1.54) is 0 Å². The van der Waals surface area contributed by atoms with Crippen molar-refractivity contribution < 1.29 is 28.7 Å². The van der Waals surface area contributed by atoms with E-state index in [4.69, 9.17) is 9.47 Å². The van der Waals surface area contributed by atoms with Crippen LogP contribution in [0.5, 0.6) is 0 Å². The molecule has 2 unspecified atom stereocenters. The standard InChI is InChI=1S/C52H74N2O6/c1-35(23-19-25-37(3)27-29-41-39(5)47(57)43(31-51(41,13)14)53-33-45(55)59-49(7,8)9)21-17-18-22-36(2)24-20-26-38(4)28-30-42-40(6)48(58)44(32-52(42,15)16)54-34-46(56)60-50(10,11)12/h17-30,43-44,53-54H,31-34H2,1-16H3. The number of ether oxygens (including phenoxy) is 2. The summed E-state index contributed by atoms with van der Waals surface area (Å²) in [5.74, 6) is -0.703. The molecule has 0 aromatic heterocycles. The second-order valence-electron chi connectivity index (χ2n) is 19.4. The fraction of sp³-hybridized carbons (Fsp3) is 0.500. The zero-order valence-electron chi connectivity index (χ0n) is 39.5. The van der Waals surface area contributed by atoms with Crippen LogP contribution in [-0.2, 0) is 28.7 Å². The third kappa shape index (κ3) is 17.9. The van der Waals surface area contributed by atoms with Crippen LogP contribution in [0.4, 0.5) is 0 Å². The van der Waals surface area contributed by atoms with Gasteiger partial charge in [-0.3, -0.25) is 29.8 Å². The van der Waals surface area contributed by atoms with Crippen LogP contribution in [0.2, 0.25) is 0 Å². The lowest BCUT2D eigenvalue weighted by atomic mass is 9.70. The van der Waals surface area contributed by atoms with Crippen molar-refractivity contribution in [2.75, 3.05) is 13.1 Å². The number of ketones is 2. The molecule has 0 saturated carbocycles. The lowest BCUT2D eigenvalue weighted by molar-refractivity contribution is -0.155. The molecule has 2 aliphatic rings. The average Bonchev–Trinajstić information content (AvgIpc) is 3.10. The van der Waals surface area contributed by atoms with E-state index in [0.29, 0.717) is 24.0 Å². The Balaban J connectivity index is 1.96. The first-order valence-corrected chi connectivity index (χ1v) is 21.1. The van der Waals surface area contributed by atoms with Crippen LogP contribution < -0.4 is 10.6 Å². The summed E-state index contributed by atoms with van der Waals surface area (Å²) in [6.45, 7) is 31.4. The smallest absolute Gasteiger partial charge is 0.320 e. The van der Waals surface area contributed by atoms with E-state index in [9.17, 15) is 19.2 Å². The maximum atomic E-state index is 13.2. The number of Topliss-reactive ketones (excluding diaryl/α,β-unsaturated/α-hetero) is 2. The molecule has 0 radical (unpaired) electrons. The molecule has 0 aliphatic heterocycles. The molecular formula is C52H74N2O6. The summed E-state index contributed by atoms with van der Waals surface area (Å²) in [5.41, 5.74) is 6.16. The van der Waals surface area contributed by atoms with Crippen molar-refractivity contribution in [3.63, 3.8) is 0 Å². The molecule has 2 atom stereocenters. The van der Waals surface area contributed by atoms with Gasteiger partial charge in [0, 0.05) is 0 Å². The summed E-state index contributed by atoms with van der Waals surface area (Å²) >= 11 is 0.